The molecular formula is C18H24N4O3S. The lowest BCUT2D eigenvalue weighted by Gasteiger charge is -2.32. The number of thioether (sulfide) groups is 1. The minimum atomic E-state index is -0.0962. The molecule has 8 heteroatoms. The average Bonchev–Trinajstić information content (AvgIpc) is 3.02. The van der Waals surface area contributed by atoms with E-state index in [4.69, 9.17) is 0 Å². The van der Waals surface area contributed by atoms with Crippen LogP contribution in [-0.2, 0) is 9.59 Å². The summed E-state index contributed by atoms with van der Waals surface area (Å²) in [5.41, 5.74) is 0.800. The molecule has 3 rings (SSSR count). The summed E-state index contributed by atoms with van der Waals surface area (Å²) in [5, 5.41) is 5.88. The van der Waals surface area contributed by atoms with Crippen LogP contribution in [0.5, 0.6) is 0 Å². The molecule has 26 heavy (non-hydrogen) atoms. The molecule has 7 nitrogen and oxygen atoms in total. The Morgan fingerprint density at radius 2 is 1.77 bits per heavy atom. The van der Waals surface area contributed by atoms with Crippen molar-refractivity contribution >= 4 is 34.5 Å². The van der Waals surface area contributed by atoms with Gasteiger partial charge in [-0.25, -0.2) is 0 Å². The van der Waals surface area contributed by atoms with Crippen LogP contribution in [0, 0.1) is 0 Å². The third-order valence-electron chi connectivity index (χ3n) is 4.56. The molecule has 2 fully saturated rings. The number of benzene rings is 1. The maximum Gasteiger partial charge on any atom is 0.282 e. The monoisotopic (exact) mass is 376 g/mol. The SMILES string of the molecule is O=C(CN1CCC(NC(=O)CN2CCSC2=O)CC1)Nc1ccccc1. The first-order chi connectivity index (χ1) is 12.6. The van der Waals surface area contributed by atoms with Crippen molar-refractivity contribution < 1.29 is 14.4 Å². The van der Waals surface area contributed by atoms with Gasteiger partial charge in [0.2, 0.25) is 11.8 Å². The topological polar surface area (TPSA) is 81.8 Å². The van der Waals surface area contributed by atoms with Gasteiger partial charge < -0.3 is 15.5 Å². The second-order valence-electron chi connectivity index (χ2n) is 6.57. The highest BCUT2D eigenvalue weighted by atomic mass is 32.2. The number of piperidine rings is 1. The summed E-state index contributed by atoms with van der Waals surface area (Å²) in [5.74, 6) is 0.639. The molecule has 0 atom stereocenters. The van der Waals surface area contributed by atoms with Gasteiger partial charge >= 0.3 is 0 Å². The van der Waals surface area contributed by atoms with Crippen molar-refractivity contribution in [3.05, 3.63) is 30.3 Å². The van der Waals surface area contributed by atoms with Crippen LogP contribution < -0.4 is 10.6 Å². The molecule has 2 heterocycles. The third kappa shape index (κ3) is 5.47. The van der Waals surface area contributed by atoms with Crippen LogP contribution in [0.15, 0.2) is 30.3 Å². The van der Waals surface area contributed by atoms with Crippen LogP contribution in [0.2, 0.25) is 0 Å². The number of rotatable bonds is 6. The highest BCUT2D eigenvalue weighted by Crippen LogP contribution is 2.17. The summed E-state index contributed by atoms with van der Waals surface area (Å²) in [6.07, 6.45) is 1.63. The van der Waals surface area contributed by atoms with E-state index in [1.54, 1.807) is 4.90 Å². The Balaban J connectivity index is 1.35. The van der Waals surface area contributed by atoms with E-state index >= 15 is 0 Å². The Kier molecular flexibility index (Phi) is 6.51. The Bertz CT molecular complexity index is 647. The molecule has 0 radical (unpaired) electrons. The minimum Gasteiger partial charge on any atom is -0.352 e. The molecule has 1 aromatic carbocycles. The highest BCUT2D eigenvalue weighted by Gasteiger charge is 2.26. The molecule has 1 aromatic rings. The van der Waals surface area contributed by atoms with Gasteiger partial charge in [-0.1, -0.05) is 30.0 Å². The van der Waals surface area contributed by atoms with Gasteiger partial charge in [-0.05, 0) is 25.0 Å². The summed E-state index contributed by atoms with van der Waals surface area (Å²) < 4.78 is 0. The van der Waals surface area contributed by atoms with E-state index in [0.29, 0.717) is 13.1 Å². The molecule has 2 aliphatic heterocycles. The predicted molar refractivity (Wildman–Crippen MR) is 102 cm³/mol. The van der Waals surface area contributed by atoms with Crippen molar-refractivity contribution in [2.24, 2.45) is 0 Å². The second kappa shape index (κ2) is 9.05. The number of hydrogen-bond acceptors (Lipinski definition) is 5. The quantitative estimate of drug-likeness (QED) is 0.784. The second-order valence-corrected chi connectivity index (χ2v) is 7.61. The first-order valence-corrected chi connectivity index (χ1v) is 9.87. The molecule has 0 aromatic heterocycles. The van der Waals surface area contributed by atoms with Gasteiger partial charge in [0.1, 0.15) is 6.54 Å². The van der Waals surface area contributed by atoms with E-state index in [-0.39, 0.29) is 29.6 Å². The first-order valence-electron chi connectivity index (χ1n) is 8.88. The number of para-hydroxylation sites is 1. The Morgan fingerprint density at radius 3 is 2.42 bits per heavy atom. The minimum absolute atomic E-state index is 0.0144. The van der Waals surface area contributed by atoms with Crippen molar-refractivity contribution in [3.63, 3.8) is 0 Å². The number of anilines is 1. The van der Waals surface area contributed by atoms with Gasteiger partial charge in [0.25, 0.3) is 5.24 Å². The summed E-state index contributed by atoms with van der Waals surface area (Å²) in [6, 6.07) is 9.53. The van der Waals surface area contributed by atoms with Crippen LogP contribution >= 0.6 is 11.8 Å². The van der Waals surface area contributed by atoms with Gasteiger partial charge in [-0.2, -0.15) is 0 Å². The number of likely N-dealkylation sites (tertiary alicyclic amines) is 1. The van der Waals surface area contributed by atoms with E-state index in [2.05, 4.69) is 15.5 Å². The van der Waals surface area contributed by atoms with Gasteiger partial charge in [0, 0.05) is 37.1 Å². The molecule has 0 saturated carbocycles. The smallest absolute Gasteiger partial charge is 0.282 e. The van der Waals surface area contributed by atoms with Gasteiger partial charge in [-0.15, -0.1) is 0 Å². The molecule has 0 aliphatic carbocycles. The zero-order chi connectivity index (χ0) is 18.4. The van der Waals surface area contributed by atoms with E-state index in [0.717, 1.165) is 37.4 Å². The van der Waals surface area contributed by atoms with Gasteiger partial charge in [0.15, 0.2) is 0 Å². The van der Waals surface area contributed by atoms with Gasteiger partial charge in [-0.3, -0.25) is 19.3 Å². The largest absolute Gasteiger partial charge is 0.352 e. The van der Waals surface area contributed by atoms with Crippen LogP contribution in [-0.4, -0.2) is 71.4 Å². The van der Waals surface area contributed by atoms with Crippen LogP contribution in [0.25, 0.3) is 0 Å². The normalized spacial score (nSPS) is 18.8. The average molecular weight is 376 g/mol. The molecular weight excluding hydrogens is 352 g/mol. The third-order valence-corrected chi connectivity index (χ3v) is 5.45. The van der Waals surface area contributed by atoms with Crippen molar-refractivity contribution in [2.75, 3.05) is 43.8 Å². The van der Waals surface area contributed by atoms with Crippen LogP contribution in [0.1, 0.15) is 12.8 Å². The summed E-state index contributed by atoms with van der Waals surface area (Å²) >= 11 is 1.26. The molecule has 0 bridgehead atoms. The fraction of sp³-hybridized carbons (Fsp3) is 0.500. The first kappa shape index (κ1) is 18.7. The van der Waals surface area contributed by atoms with E-state index < -0.39 is 0 Å². The Hall–Kier alpha value is -2.06. The van der Waals surface area contributed by atoms with E-state index in [9.17, 15) is 14.4 Å². The Morgan fingerprint density at radius 1 is 1.04 bits per heavy atom. The number of carbonyl (C=O) groups is 3. The molecule has 0 spiro atoms. The number of nitrogens with zero attached hydrogens (tertiary/aromatic N) is 2. The number of nitrogens with one attached hydrogen (secondary N) is 2. The van der Waals surface area contributed by atoms with E-state index in [1.165, 1.54) is 11.8 Å². The highest BCUT2D eigenvalue weighted by molar-refractivity contribution is 8.13. The standard InChI is InChI=1S/C18H24N4O3S/c23-16(19-14-4-2-1-3-5-14)12-21-8-6-15(7-9-21)20-17(24)13-22-10-11-26-18(22)25/h1-5,15H,6-13H2,(H,19,23)(H,20,24). The molecule has 0 unspecified atom stereocenters. The van der Waals surface area contributed by atoms with Crippen molar-refractivity contribution in [2.45, 2.75) is 18.9 Å². The van der Waals surface area contributed by atoms with E-state index in [1.807, 2.05) is 30.3 Å². The number of hydrogen-bond donors (Lipinski definition) is 2. The van der Waals surface area contributed by atoms with Crippen molar-refractivity contribution in [1.29, 1.82) is 0 Å². The molecule has 3 amide bonds. The lowest BCUT2D eigenvalue weighted by Crippen LogP contribution is -2.48. The lowest BCUT2D eigenvalue weighted by atomic mass is 10.0. The maximum absolute atomic E-state index is 12.1. The molecule has 2 aliphatic rings. The fourth-order valence-electron chi connectivity index (χ4n) is 3.18. The lowest BCUT2D eigenvalue weighted by molar-refractivity contribution is -0.123. The van der Waals surface area contributed by atoms with Crippen molar-refractivity contribution in [1.82, 2.24) is 15.1 Å². The zero-order valence-corrected chi connectivity index (χ0v) is 15.5. The van der Waals surface area contributed by atoms with Crippen molar-refractivity contribution in [3.8, 4) is 0 Å². The molecule has 2 N–H and O–H groups in total. The van der Waals surface area contributed by atoms with Crippen LogP contribution in [0.3, 0.4) is 0 Å². The maximum atomic E-state index is 12.1. The van der Waals surface area contributed by atoms with Gasteiger partial charge in [0.05, 0.1) is 6.54 Å². The summed E-state index contributed by atoms with van der Waals surface area (Å²) in [6.45, 7) is 2.68. The predicted octanol–water partition coefficient (Wildman–Crippen LogP) is 1.37. The summed E-state index contributed by atoms with van der Waals surface area (Å²) in [7, 11) is 0. The molecule has 140 valence electrons. The zero-order valence-electron chi connectivity index (χ0n) is 14.6. The number of amides is 3. The fourth-order valence-corrected chi connectivity index (χ4v) is 4.00. The van der Waals surface area contributed by atoms with Crippen LogP contribution in [0.4, 0.5) is 10.5 Å². The number of carbonyl (C=O) groups excluding carboxylic acids is 3. The summed E-state index contributed by atoms with van der Waals surface area (Å²) in [4.78, 5) is 39.4. The Labute approximate surface area is 157 Å². The molecule has 2 saturated heterocycles.